The Morgan fingerprint density at radius 3 is 2.95 bits per heavy atom. The molecule has 0 radical (unpaired) electrons. The lowest BCUT2D eigenvalue weighted by Gasteiger charge is -2.12. The van der Waals surface area contributed by atoms with Crippen molar-refractivity contribution in [2.24, 2.45) is 5.73 Å². The van der Waals surface area contributed by atoms with Crippen LogP contribution in [0.4, 0.5) is 0 Å². The van der Waals surface area contributed by atoms with Gasteiger partial charge in [0.2, 0.25) is 0 Å². The molecule has 5 nitrogen and oxygen atoms in total. The van der Waals surface area contributed by atoms with Crippen molar-refractivity contribution in [3.05, 3.63) is 40.3 Å². The van der Waals surface area contributed by atoms with Gasteiger partial charge in [0, 0.05) is 17.0 Å². The lowest BCUT2D eigenvalue weighted by atomic mass is 10.1. The molecule has 1 aliphatic carbocycles. The Morgan fingerprint density at radius 2 is 2.24 bits per heavy atom. The van der Waals surface area contributed by atoms with Gasteiger partial charge in [0.25, 0.3) is 0 Å². The monoisotopic (exact) mass is 304 g/mol. The summed E-state index contributed by atoms with van der Waals surface area (Å²) >= 11 is 1.55. The standard InChI is InChI=1S/C15H20N4OS/c1-2-11(16)9-10-5-3-4-6-13(10)21-15-18-17-14(20)19(15)12-7-8-12/h3-6,11-12H,2,7-9,16H2,1H3,(H,17,20). The summed E-state index contributed by atoms with van der Waals surface area (Å²) in [5.41, 5.74) is 7.18. The Hall–Kier alpha value is -1.53. The molecule has 3 N–H and O–H groups in total. The van der Waals surface area contributed by atoms with E-state index in [2.05, 4.69) is 29.3 Å². The minimum Gasteiger partial charge on any atom is -0.327 e. The van der Waals surface area contributed by atoms with Gasteiger partial charge in [0.15, 0.2) is 5.16 Å². The highest BCUT2D eigenvalue weighted by molar-refractivity contribution is 7.99. The maximum Gasteiger partial charge on any atom is 0.344 e. The number of aromatic amines is 1. The van der Waals surface area contributed by atoms with Gasteiger partial charge in [-0.05, 0) is 49.1 Å². The summed E-state index contributed by atoms with van der Waals surface area (Å²) in [5.74, 6) is 0. The second-order valence-electron chi connectivity index (χ2n) is 5.49. The van der Waals surface area contributed by atoms with Crippen molar-refractivity contribution in [3.8, 4) is 0 Å². The zero-order valence-electron chi connectivity index (χ0n) is 12.1. The Morgan fingerprint density at radius 1 is 1.48 bits per heavy atom. The van der Waals surface area contributed by atoms with E-state index in [4.69, 9.17) is 5.73 Å². The minimum atomic E-state index is -0.109. The molecule has 0 bridgehead atoms. The smallest absolute Gasteiger partial charge is 0.327 e. The minimum absolute atomic E-state index is 0.109. The van der Waals surface area contributed by atoms with E-state index in [1.54, 1.807) is 16.3 Å². The highest BCUT2D eigenvalue weighted by Crippen LogP contribution is 2.38. The van der Waals surface area contributed by atoms with Crippen molar-refractivity contribution in [1.82, 2.24) is 14.8 Å². The molecule has 1 aromatic carbocycles. The summed E-state index contributed by atoms with van der Waals surface area (Å²) in [4.78, 5) is 13.0. The summed E-state index contributed by atoms with van der Waals surface area (Å²) in [7, 11) is 0. The van der Waals surface area contributed by atoms with Crippen molar-refractivity contribution in [2.75, 3.05) is 0 Å². The van der Waals surface area contributed by atoms with Gasteiger partial charge in [0.05, 0.1) is 0 Å². The Labute approximate surface area is 127 Å². The average Bonchev–Trinajstić information content (AvgIpc) is 3.25. The fraction of sp³-hybridized carbons (Fsp3) is 0.467. The van der Waals surface area contributed by atoms with Gasteiger partial charge in [-0.2, -0.15) is 0 Å². The van der Waals surface area contributed by atoms with Crippen molar-refractivity contribution < 1.29 is 0 Å². The molecule has 0 aliphatic heterocycles. The predicted octanol–water partition coefficient (Wildman–Crippen LogP) is 2.34. The first-order valence-electron chi connectivity index (χ1n) is 7.37. The molecule has 1 unspecified atom stereocenters. The topological polar surface area (TPSA) is 76.7 Å². The fourth-order valence-corrected chi connectivity index (χ4v) is 3.36. The molecule has 1 aliphatic rings. The number of aromatic nitrogens is 3. The molecule has 1 atom stereocenters. The fourth-order valence-electron chi connectivity index (χ4n) is 2.31. The molecule has 112 valence electrons. The molecule has 3 rings (SSSR count). The lowest BCUT2D eigenvalue weighted by Crippen LogP contribution is -2.21. The van der Waals surface area contributed by atoms with E-state index in [-0.39, 0.29) is 11.7 Å². The molecule has 1 fully saturated rings. The first-order valence-corrected chi connectivity index (χ1v) is 8.19. The quantitative estimate of drug-likeness (QED) is 0.859. The van der Waals surface area contributed by atoms with E-state index >= 15 is 0 Å². The summed E-state index contributed by atoms with van der Waals surface area (Å²) in [6.07, 6.45) is 3.93. The molecule has 0 spiro atoms. The number of H-pyrrole nitrogens is 1. The highest BCUT2D eigenvalue weighted by atomic mass is 32.2. The van der Waals surface area contributed by atoms with Gasteiger partial charge in [-0.3, -0.25) is 4.57 Å². The Bertz CT molecular complexity index is 674. The number of hydrogen-bond acceptors (Lipinski definition) is 4. The predicted molar refractivity (Wildman–Crippen MR) is 83.7 cm³/mol. The zero-order valence-corrected chi connectivity index (χ0v) is 12.9. The third-order valence-corrected chi connectivity index (χ3v) is 4.85. The maximum atomic E-state index is 11.8. The van der Waals surface area contributed by atoms with E-state index in [9.17, 15) is 4.79 Å². The third-order valence-electron chi connectivity index (χ3n) is 3.76. The first kappa shape index (κ1) is 14.4. The number of nitrogens with zero attached hydrogens (tertiary/aromatic N) is 2. The molecule has 6 heteroatoms. The van der Waals surface area contributed by atoms with Gasteiger partial charge in [0.1, 0.15) is 0 Å². The largest absolute Gasteiger partial charge is 0.344 e. The van der Waals surface area contributed by atoms with Crippen LogP contribution in [0, 0.1) is 0 Å². The normalized spacial score (nSPS) is 16.1. The van der Waals surface area contributed by atoms with Crippen LogP contribution in [-0.4, -0.2) is 20.8 Å². The van der Waals surface area contributed by atoms with Crippen LogP contribution in [0.2, 0.25) is 0 Å². The van der Waals surface area contributed by atoms with Gasteiger partial charge in [-0.25, -0.2) is 9.89 Å². The molecule has 1 saturated carbocycles. The van der Waals surface area contributed by atoms with Crippen molar-refractivity contribution in [3.63, 3.8) is 0 Å². The van der Waals surface area contributed by atoms with Gasteiger partial charge in [-0.15, -0.1) is 5.10 Å². The molecule has 21 heavy (non-hydrogen) atoms. The van der Waals surface area contributed by atoms with Crippen LogP contribution in [0.3, 0.4) is 0 Å². The van der Waals surface area contributed by atoms with Crippen LogP contribution < -0.4 is 11.4 Å². The summed E-state index contributed by atoms with van der Waals surface area (Å²) in [6.45, 7) is 2.10. The number of benzene rings is 1. The van der Waals surface area contributed by atoms with Crippen molar-refractivity contribution in [2.45, 2.75) is 54.7 Å². The summed E-state index contributed by atoms with van der Waals surface area (Å²) in [6, 6.07) is 8.69. The summed E-state index contributed by atoms with van der Waals surface area (Å²) < 4.78 is 1.78. The lowest BCUT2D eigenvalue weighted by molar-refractivity contribution is 0.636. The molecular formula is C15H20N4OS. The third kappa shape index (κ3) is 3.22. The van der Waals surface area contributed by atoms with E-state index in [1.165, 1.54) is 5.56 Å². The van der Waals surface area contributed by atoms with E-state index in [0.29, 0.717) is 6.04 Å². The number of nitrogens with two attached hydrogens (primary N) is 1. The van der Waals surface area contributed by atoms with Crippen LogP contribution in [-0.2, 0) is 6.42 Å². The van der Waals surface area contributed by atoms with E-state index in [0.717, 1.165) is 35.7 Å². The van der Waals surface area contributed by atoms with Crippen LogP contribution in [0.5, 0.6) is 0 Å². The number of rotatable bonds is 6. The van der Waals surface area contributed by atoms with Crippen molar-refractivity contribution in [1.29, 1.82) is 0 Å². The van der Waals surface area contributed by atoms with E-state index < -0.39 is 0 Å². The molecular weight excluding hydrogens is 284 g/mol. The molecule has 0 amide bonds. The second kappa shape index (κ2) is 6.07. The summed E-state index contributed by atoms with van der Waals surface area (Å²) in [5, 5.41) is 7.48. The van der Waals surface area contributed by atoms with Crippen LogP contribution in [0.25, 0.3) is 0 Å². The second-order valence-corrected chi connectivity index (χ2v) is 6.50. The van der Waals surface area contributed by atoms with E-state index in [1.807, 2.05) is 12.1 Å². The molecule has 1 heterocycles. The molecule has 1 aromatic heterocycles. The Kier molecular flexibility index (Phi) is 4.17. The molecule has 2 aromatic rings. The van der Waals surface area contributed by atoms with Gasteiger partial charge in [-0.1, -0.05) is 25.1 Å². The highest BCUT2D eigenvalue weighted by Gasteiger charge is 2.29. The van der Waals surface area contributed by atoms with Crippen LogP contribution in [0.15, 0.2) is 39.1 Å². The van der Waals surface area contributed by atoms with Crippen LogP contribution >= 0.6 is 11.8 Å². The van der Waals surface area contributed by atoms with Crippen molar-refractivity contribution >= 4 is 11.8 Å². The van der Waals surface area contributed by atoms with Crippen LogP contribution in [0.1, 0.15) is 37.8 Å². The maximum absolute atomic E-state index is 11.8. The Balaban J connectivity index is 1.86. The SMILES string of the molecule is CCC(N)Cc1ccccc1Sc1n[nH]c(=O)n1C1CC1. The first-order chi connectivity index (χ1) is 10.2. The number of nitrogens with one attached hydrogen (secondary N) is 1. The average molecular weight is 304 g/mol. The van der Waals surface area contributed by atoms with Gasteiger partial charge < -0.3 is 5.73 Å². The number of hydrogen-bond donors (Lipinski definition) is 2. The van der Waals surface area contributed by atoms with Gasteiger partial charge >= 0.3 is 5.69 Å². The zero-order chi connectivity index (χ0) is 14.8. The molecule has 0 saturated heterocycles.